The summed E-state index contributed by atoms with van der Waals surface area (Å²) in [4.78, 5) is 26.4. The van der Waals surface area contributed by atoms with Gasteiger partial charge in [-0.05, 0) is 26.2 Å². The second kappa shape index (κ2) is 7.17. The molecule has 1 N–H and O–H groups in total. The lowest BCUT2D eigenvalue weighted by atomic mass is 9.85. The molecule has 3 amide bonds. The number of imide groups is 1. The Morgan fingerprint density at radius 1 is 1.22 bits per heavy atom. The van der Waals surface area contributed by atoms with Crippen LogP contribution in [0.2, 0.25) is 0 Å². The van der Waals surface area contributed by atoms with Crippen LogP contribution in [-0.4, -0.2) is 32.9 Å². The smallest absolute Gasteiger partial charge is 0.329 e. The molecule has 2 aromatic rings. The Kier molecular flexibility index (Phi) is 4.72. The second-order valence-electron chi connectivity index (χ2n) is 7.61. The third-order valence-corrected chi connectivity index (χ3v) is 5.69. The zero-order valence-corrected chi connectivity index (χ0v) is 15.8. The first-order chi connectivity index (χ1) is 13.0. The molecule has 8 nitrogen and oxygen atoms in total. The molecule has 4 rings (SSSR count). The number of hydrogen-bond donors (Lipinski definition) is 1. The Balaban J connectivity index is 1.46. The maximum Gasteiger partial charge on any atom is 0.329 e. The normalized spacial score (nSPS) is 21.1. The van der Waals surface area contributed by atoms with Crippen molar-refractivity contribution in [2.45, 2.75) is 65.0 Å². The van der Waals surface area contributed by atoms with Crippen LogP contribution in [0.1, 0.15) is 55.5 Å². The molecule has 1 atom stereocenters. The largest absolute Gasteiger partial charge is 0.361 e. The van der Waals surface area contributed by atoms with Crippen LogP contribution in [0.25, 0.3) is 0 Å². The molecular weight excluding hydrogens is 346 g/mol. The summed E-state index contributed by atoms with van der Waals surface area (Å²) in [6, 6.07) is -0.788. The van der Waals surface area contributed by atoms with E-state index in [0.717, 1.165) is 36.3 Å². The summed E-state index contributed by atoms with van der Waals surface area (Å²) in [7, 11) is 0. The topological polar surface area (TPSA) is 93.3 Å². The summed E-state index contributed by atoms with van der Waals surface area (Å²) in [5.74, 6) is 1.09. The van der Waals surface area contributed by atoms with Gasteiger partial charge in [0.15, 0.2) is 0 Å². The third-order valence-electron chi connectivity index (χ3n) is 5.69. The molecule has 2 fully saturated rings. The number of carbonyl (C=O) groups is 2. The van der Waals surface area contributed by atoms with E-state index < -0.39 is 6.04 Å². The van der Waals surface area contributed by atoms with E-state index in [2.05, 4.69) is 15.6 Å². The molecule has 144 valence electrons. The highest BCUT2D eigenvalue weighted by atomic mass is 16.5. The van der Waals surface area contributed by atoms with Crippen LogP contribution in [0, 0.1) is 19.8 Å². The minimum atomic E-state index is -0.425. The van der Waals surface area contributed by atoms with Gasteiger partial charge in [-0.2, -0.15) is 5.10 Å². The van der Waals surface area contributed by atoms with Gasteiger partial charge in [0.1, 0.15) is 11.8 Å². The van der Waals surface area contributed by atoms with Gasteiger partial charge in [-0.15, -0.1) is 0 Å². The molecule has 2 aromatic heterocycles. The van der Waals surface area contributed by atoms with Crippen molar-refractivity contribution in [2.24, 2.45) is 5.92 Å². The number of hydrogen-bond acceptors (Lipinski definition) is 5. The maximum atomic E-state index is 12.8. The predicted octanol–water partition coefficient (Wildman–Crippen LogP) is 2.93. The Morgan fingerprint density at radius 2 is 2.00 bits per heavy atom. The van der Waals surface area contributed by atoms with E-state index in [1.807, 2.05) is 13.8 Å². The molecule has 1 saturated heterocycles. The number of nitrogens with zero attached hydrogens (tertiary/aromatic N) is 4. The lowest BCUT2D eigenvalue weighted by molar-refractivity contribution is -0.118. The Hall–Kier alpha value is -2.64. The van der Waals surface area contributed by atoms with Crippen LogP contribution in [0.5, 0.6) is 0 Å². The van der Waals surface area contributed by atoms with Gasteiger partial charge >= 0.3 is 6.03 Å². The first-order valence-corrected chi connectivity index (χ1v) is 9.61. The standard InChI is InChI=1S/C19H25N5O3/c1-12-16(13(2)27-22-12)11-23-10-15(9-20-23)24-18(25)17(21-19(24)26)8-14-6-4-3-5-7-14/h9-10,14,17H,3-8,11H2,1-2H3,(H,21,26)/t17-/m0/s1. The number of nitrogens with one attached hydrogen (secondary N) is 1. The van der Waals surface area contributed by atoms with Gasteiger partial charge < -0.3 is 9.84 Å². The number of anilines is 1. The Morgan fingerprint density at radius 3 is 2.70 bits per heavy atom. The zero-order chi connectivity index (χ0) is 19.0. The molecule has 0 spiro atoms. The summed E-state index contributed by atoms with van der Waals surface area (Å²) < 4.78 is 6.87. The van der Waals surface area contributed by atoms with E-state index in [9.17, 15) is 9.59 Å². The molecule has 0 radical (unpaired) electrons. The molecular formula is C19H25N5O3. The third kappa shape index (κ3) is 3.48. The van der Waals surface area contributed by atoms with Crippen molar-refractivity contribution >= 4 is 17.6 Å². The summed E-state index contributed by atoms with van der Waals surface area (Å²) >= 11 is 0. The van der Waals surface area contributed by atoms with E-state index >= 15 is 0 Å². The van der Waals surface area contributed by atoms with E-state index in [0.29, 0.717) is 18.2 Å². The summed E-state index contributed by atoms with van der Waals surface area (Å²) in [6.45, 7) is 4.22. The van der Waals surface area contributed by atoms with Crippen molar-refractivity contribution in [3.05, 3.63) is 29.4 Å². The van der Waals surface area contributed by atoms with Gasteiger partial charge in [0, 0.05) is 11.8 Å². The minimum Gasteiger partial charge on any atom is -0.361 e. The van der Waals surface area contributed by atoms with E-state index in [4.69, 9.17) is 4.52 Å². The summed E-state index contributed by atoms with van der Waals surface area (Å²) in [5, 5.41) is 11.1. The van der Waals surface area contributed by atoms with Crippen LogP contribution in [0.4, 0.5) is 10.5 Å². The molecule has 3 heterocycles. The number of aryl methyl sites for hydroxylation is 2. The van der Waals surface area contributed by atoms with Crippen molar-refractivity contribution in [3.8, 4) is 0 Å². The first kappa shape index (κ1) is 17.8. The minimum absolute atomic E-state index is 0.178. The summed E-state index contributed by atoms with van der Waals surface area (Å²) in [6.07, 6.45) is 10.0. The van der Waals surface area contributed by atoms with Gasteiger partial charge in [0.05, 0.1) is 24.1 Å². The predicted molar refractivity (Wildman–Crippen MR) is 98.3 cm³/mol. The van der Waals surface area contributed by atoms with Gasteiger partial charge in [-0.1, -0.05) is 37.3 Å². The fraction of sp³-hybridized carbons (Fsp3) is 0.579. The second-order valence-corrected chi connectivity index (χ2v) is 7.61. The van der Waals surface area contributed by atoms with E-state index in [1.165, 1.54) is 24.2 Å². The molecule has 27 heavy (non-hydrogen) atoms. The molecule has 1 aliphatic carbocycles. The van der Waals surface area contributed by atoms with Crippen LogP contribution in [0.15, 0.2) is 16.9 Å². The molecule has 0 bridgehead atoms. The SMILES string of the molecule is Cc1noc(C)c1Cn1cc(N2C(=O)N[C@@H](CC3CCCCC3)C2=O)cn1. The average Bonchev–Trinajstić information content (AvgIpc) is 3.31. The average molecular weight is 371 g/mol. The monoisotopic (exact) mass is 371 g/mol. The number of rotatable bonds is 5. The Labute approximate surface area is 157 Å². The fourth-order valence-corrected chi connectivity index (χ4v) is 4.14. The quantitative estimate of drug-likeness (QED) is 0.816. The van der Waals surface area contributed by atoms with Gasteiger partial charge in [0.2, 0.25) is 0 Å². The van der Waals surface area contributed by atoms with Gasteiger partial charge in [0.25, 0.3) is 5.91 Å². The van der Waals surface area contributed by atoms with E-state index in [1.54, 1.807) is 17.1 Å². The highest BCUT2D eigenvalue weighted by Crippen LogP contribution is 2.30. The number of carbonyl (C=O) groups excluding carboxylic acids is 2. The maximum absolute atomic E-state index is 12.8. The van der Waals surface area contributed by atoms with Crippen molar-refractivity contribution in [2.75, 3.05) is 4.90 Å². The number of amides is 3. The van der Waals surface area contributed by atoms with Crippen LogP contribution in [-0.2, 0) is 11.3 Å². The number of aromatic nitrogens is 3. The first-order valence-electron chi connectivity index (χ1n) is 9.61. The van der Waals surface area contributed by atoms with Gasteiger partial charge in [-0.3, -0.25) is 9.48 Å². The highest BCUT2D eigenvalue weighted by Gasteiger charge is 2.40. The number of urea groups is 1. The molecule has 0 unspecified atom stereocenters. The lowest BCUT2D eigenvalue weighted by Gasteiger charge is -2.23. The molecule has 1 aliphatic heterocycles. The summed E-state index contributed by atoms with van der Waals surface area (Å²) in [5.41, 5.74) is 2.26. The van der Waals surface area contributed by atoms with Crippen molar-refractivity contribution in [3.63, 3.8) is 0 Å². The molecule has 2 aliphatic rings. The van der Waals surface area contributed by atoms with Crippen LogP contribution >= 0.6 is 0 Å². The van der Waals surface area contributed by atoms with Crippen molar-refractivity contribution < 1.29 is 14.1 Å². The zero-order valence-electron chi connectivity index (χ0n) is 15.8. The van der Waals surface area contributed by atoms with Crippen molar-refractivity contribution in [1.82, 2.24) is 20.3 Å². The van der Waals surface area contributed by atoms with Crippen LogP contribution < -0.4 is 10.2 Å². The van der Waals surface area contributed by atoms with E-state index in [-0.39, 0.29) is 11.9 Å². The lowest BCUT2D eigenvalue weighted by Crippen LogP contribution is -2.32. The fourth-order valence-electron chi connectivity index (χ4n) is 4.14. The Bertz CT molecular complexity index is 830. The molecule has 1 saturated carbocycles. The van der Waals surface area contributed by atoms with Crippen molar-refractivity contribution in [1.29, 1.82) is 0 Å². The highest BCUT2D eigenvalue weighted by molar-refractivity contribution is 6.21. The van der Waals surface area contributed by atoms with Gasteiger partial charge in [-0.25, -0.2) is 9.69 Å². The van der Waals surface area contributed by atoms with Crippen LogP contribution in [0.3, 0.4) is 0 Å². The molecule has 0 aromatic carbocycles. The molecule has 8 heteroatoms.